The summed E-state index contributed by atoms with van der Waals surface area (Å²) in [6.07, 6.45) is 2.86. The summed E-state index contributed by atoms with van der Waals surface area (Å²) in [5.74, 6) is 0.949. The third-order valence-electron chi connectivity index (χ3n) is 3.72. The molecule has 1 saturated heterocycles. The van der Waals surface area contributed by atoms with Crippen molar-refractivity contribution in [2.24, 2.45) is 5.92 Å². The van der Waals surface area contributed by atoms with Crippen LogP contribution >= 0.6 is 11.3 Å². The Morgan fingerprint density at radius 3 is 2.53 bits per heavy atom. The lowest BCUT2D eigenvalue weighted by Crippen LogP contribution is -2.37. The molecule has 1 amide bonds. The lowest BCUT2D eigenvalue weighted by molar-refractivity contribution is -0.132. The molecule has 0 unspecified atom stereocenters. The lowest BCUT2D eigenvalue weighted by Gasteiger charge is -2.30. The van der Waals surface area contributed by atoms with Crippen LogP contribution in [0.3, 0.4) is 0 Å². The monoisotopic (exact) mass is 279 g/mol. The second-order valence-electron chi connectivity index (χ2n) is 5.40. The maximum Gasteiger partial charge on any atom is 0.223 e. The van der Waals surface area contributed by atoms with Gasteiger partial charge < -0.3 is 4.90 Å². The maximum absolute atomic E-state index is 12.0. The van der Waals surface area contributed by atoms with E-state index in [1.807, 2.05) is 24.0 Å². The summed E-state index contributed by atoms with van der Waals surface area (Å²) in [5, 5.41) is 0. The topological polar surface area (TPSA) is 37.4 Å². The number of aryl methyl sites for hydroxylation is 1. The zero-order valence-corrected chi connectivity index (χ0v) is 12.5. The second-order valence-corrected chi connectivity index (χ2v) is 6.68. The average Bonchev–Trinajstić information content (AvgIpc) is 2.83. The van der Waals surface area contributed by atoms with Crippen molar-refractivity contribution < 1.29 is 9.59 Å². The van der Waals surface area contributed by atoms with Gasteiger partial charge in [-0.2, -0.15) is 0 Å². The first kappa shape index (κ1) is 14.3. The van der Waals surface area contributed by atoms with Crippen LogP contribution in [-0.2, 0) is 4.79 Å². The van der Waals surface area contributed by atoms with Crippen molar-refractivity contribution >= 4 is 23.0 Å². The van der Waals surface area contributed by atoms with E-state index in [1.54, 1.807) is 0 Å². The van der Waals surface area contributed by atoms with Gasteiger partial charge in [0.1, 0.15) is 0 Å². The van der Waals surface area contributed by atoms with Gasteiger partial charge in [0.15, 0.2) is 5.78 Å². The minimum absolute atomic E-state index is 0.0943. The summed E-state index contributed by atoms with van der Waals surface area (Å²) >= 11 is 1.51. The van der Waals surface area contributed by atoms with E-state index in [0.29, 0.717) is 12.8 Å². The van der Waals surface area contributed by atoms with Crippen LogP contribution in [0.1, 0.15) is 47.2 Å². The normalized spacial score (nSPS) is 16.6. The molecule has 1 aliphatic rings. The number of hydrogen-bond acceptors (Lipinski definition) is 3. The predicted octanol–water partition coefficient (Wildman–Crippen LogP) is 3.28. The van der Waals surface area contributed by atoms with Gasteiger partial charge in [-0.15, -0.1) is 11.3 Å². The minimum atomic E-state index is 0.0943. The fraction of sp³-hybridized carbons (Fsp3) is 0.600. The number of rotatable bonds is 4. The Bertz CT molecular complexity index is 458. The summed E-state index contributed by atoms with van der Waals surface area (Å²) in [5.41, 5.74) is 0. The molecule has 3 nitrogen and oxygen atoms in total. The number of ketones is 1. The van der Waals surface area contributed by atoms with Gasteiger partial charge in [0.25, 0.3) is 0 Å². The van der Waals surface area contributed by atoms with Crippen LogP contribution in [0.5, 0.6) is 0 Å². The van der Waals surface area contributed by atoms with E-state index in [0.717, 1.165) is 41.6 Å². The first-order valence-electron chi connectivity index (χ1n) is 6.93. The number of hydrogen-bond donors (Lipinski definition) is 0. The van der Waals surface area contributed by atoms with E-state index in [1.165, 1.54) is 11.3 Å². The van der Waals surface area contributed by atoms with Crippen LogP contribution in [-0.4, -0.2) is 29.7 Å². The van der Waals surface area contributed by atoms with E-state index in [-0.39, 0.29) is 11.7 Å². The van der Waals surface area contributed by atoms with Gasteiger partial charge in [-0.1, -0.05) is 6.92 Å². The first-order chi connectivity index (χ1) is 9.06. The maximum atomic E-state index is 12.0. The molecule has 2 heterocycles. The molecule has 0 aromatic carbocycles. The molecule has 0 N–H and O–H groups in total. The third-order valence-corrected chi connectivity index (χ3v) is 4.76. The van der Waals surface area contributed by atoms with E-state index in [2.05, 4.69) is 6.92 Å². The summed E-state index contributed by atoms with van der Waals surface area (Å²) < 4.78 is 0. The smallest absolute Gasteiger partial charge is 0.223 e. The van der Waals surface area contributed by atoms with Gasteiger partial charge in [-0.25, -0.2) is 0 Å². The van der Waals surface area contributed by atoms with Crippen molar-refractivity contribution in [3.05, 3.63) is 21.9 Å². The van der Waals surface area contributed by atoms with Gasteiger partial charge in [-0.05, 0) is 37.8 Å². The standard InChI is InChI=1S/C15H21NO2S/c1-11-7-9-16(10-8-11)15(18)6-4-13(17)14-5-3-12(2)19-14/h3,5,11H,4,6-10H2,1-2H3. The number of carbonyl (C=O) groups excluding carboxylic acids is 2. The highest BCUT2D eigenvalue weighted by Gasteiger charge is 2.21. The van der Waals surface area contributed by atoms with Crippen molar-refractivity contribution in [3.8, 4) is 0 Å². The minimum Gasteiger partial charge on any atom is -0.343 e. The number of Topliss-reactive ketones (excluding diaryl/α,β-unsaturated/α-hetero) is 1. The molecular formula is C15H21NO2S. The number of piperidine rings is 1. The highest BCUT2D eigenvalue weighted by molar-refractivity contribution is 7.14. The number of likely N-dealkylation sites (tertiary alicyclic amines) is 1. The summed E-state index contributed by atoms with van der Waals surface area (Å²) in [4.78, 5) is 27.8. The van der Waals surface area contributed by atoms with E-state index in [4.69, 9.17) is 0 Å². The van der Waals surface area contributed by atoms with Crippen LogP contribution < -0.4 is 0 Å². The molecule has 1 fully saturated rings. The Morgan fingerprint density at radius 2 is 1.95 bits per heavy atom. The molecule has 1 aromatic heterocycles. The van der Waals surface area contributed by atoms with Crippen molar-refractivity contribution in [2.45, 2.75) is 39.5 Å². The van der Waals surface area contributed by atoms with Crippen molar-refractivity contribution in [3.63, 3.8) is 0 Å². The highest BCUT2D eigenvalue weighted by atomic mass is 32.1. The molecular weight excluding hydrogens is 258 g/mol. The lowest BCUT2D eigenvalue weighted by atomic mass is 9.99. The van der Waals surface area contributed by atoms with Crippen molar-refractivity contribution in [1.29, 1.82) is 0 Å². The molecule has 0 radical (unpaired) electrons. The molecule has 2 rings (SSSR count). The Kier molecular flexibility index (Phi) is 4.75. The molecule has 0 bridgehead atoms. The SMILES string of the molecule is Cc1ccc(C(=O)CCC(=O)N2CCC(C)CC2)s1. The number of amides is 1. The fourth-order valence-corrected chi connectivity index (χ4v) is 3.18. The van der Waals surface area contributed by atoms with Crippen molar-refractivity contribution in [1.82, 2.24) is 4.90 Å². The molecule has 104 valence electrons. The molecule has 0 saturated carbocycles. The fourth-order valence-electron chi connectivity index (χ4n) is 2.34. The van der Waals surface area contributed by atoms with E-state index in [9.17, 15) is 9.59 Å². The summed E-state index contributed by atoms with van der Waals surface area (Å²) in [6.45, 7) is 5.92. The van der Waals surface area contributed by atoms with Crippen LogP contribution in [0.25, 0.3) is 0 Å². The molecule has 0 atom stereocenters. The Balaban J connectivity index is 1.79. The quantitative estimate of drug-likeness (QED) is 0.793. The number of carbonyl (C=O) groups is 2. The zero-order chi connectivity index (χ0) is 13.8. The van der Waals surface area contributed by atoms with Gasteiger partial charge in [0.2, 0.25) is 5.91 Å². The van der Waals surface area contributed by atoms with Crippen molar-refractivity contribution in [2.75, 3.05) is 13.1 Å². The Morgan fingerprint density at radius 1 is 1.26 bits per heavy atom. The third kappa shape index (κ3) is 3.90. The van der Waals surface area contributed by atoms with Crippen LogP contribution in [0, 0.1) is 12.8 Å². The first-order valence-corrected chi connectivity index (χ1v) is 7.75. The number of thiophene rings is 1. The predicted molar refractivity (Wildman–Crippen MR) is 77.6 cm³/mol. The van der Waals surface area contributed by atoms with Crippen LogP contribution in [0.15, 0.2) is 12.1 Å². The van der Waals surface area contributed by atoms with Gasteiger partial charge in [-0.3, -0.25) is 9.59 Å². The molecule has 1 aliphatic heterocycles. The molecule has 1 aromatic rings. The molecule has 0 spiro atoms. The molecule has 0 aliphatic carbocycles. The van der Waals surface area contributed by atoms with Crippen LogP contribution in [0.2, 0.25) is 0 Å². The Hall–Kier alpha value is -1.16. The molecule has 4 heteroatoms. The Labute approximate surface area is 118 Å². The second kappa shape index (κ2) is 6.33. The van der Waals surface area contributed by atoms with Gasteiger partial charge in [0.05, 0.1) is 4.88 Å². The van der Waals surface area contributed by atoms with Crippen LogP contribution in [0.4, 0.5) is 0 Å². The highest BCUT2D eigenvalue weighted by Crippen LogP contribution is 2.19. The van der Waals surface area contributed by atoms with E-state index >= 15 is 0 Å². The van der Waals surface area contributed by atoms with Gasteiger partial charge >= 0.3 is 0 Å². The van der Waals surface area contributed by atoms with E-state index < -0.39 is 0 Å². The average molecular weight is 279 g/mol. The molecule has 19 heavy (non-hydrogen) atoms. The largest absolute Gasteiger partial charge is 0.343 e. The summed E-state index contributed by atoms with van der Waals surface area (Å²) in [6, 6.07) is 3.81. The zero-order valence-electron chi connectivity index (χ0n) is 11.6. The number of nitrogens with zero attached hydrogens (tertiary/aromatic N) is 1. The summed E-state index contributed by atoms with van der Waals surface area (Å²) in [7, 11) is 0. The van der Waals surface area contributed by atoms with Gasteiger partial charge in [0, 0.05) is 30.8 Å².